The molecule has 0 aromatic heterocycles. The lowest BCUT2D eigenvalue weighted by atomic mass is 9.89. The molecule has 0 spiro atoms. The second-order valence-electron chi connectivity index (χ2n) is 5.88. The van der Waals surface area contributed by atoms with Crippen LogP contribution in [0.2, 0.25) is 0 Å². The Kier molecular flexibility index (Phi) is 6.69. The highest BCUT2D eigenvalue weighted by molar-refractivity contribution is 5.90. The summed E-state index contributed by atoms with van der Waals surface area (Å²) in [6.07, 6.45) is 2.25. The zero-order chi connectivity index (χ0) is 16.0. The maximum atomic E-state index is 11.5. The van der Waals surface area contributed by atoms with Crippen molar-refractivity contribution >= 4 is 11.7 Å². The third-order valence-corrected chi connectivity index (χ3v) is 4.17. The number of aromatic carboxylic acids is 1. The van der Waals surface area contributed by atoms with Gasteiger partial charge in [0.2, 0.25) is 0 Å². The molecule has 0 fully saturated rings. The van der Waals surface area contributed by atoms with Crippen molar-refractivity contribution in [3.05, 3.63) is 29.3 Å². The highest BCUT2D eigenvalue weighted by atomic mass is 16.4. The van der Waals surface area contributed by atoms with Gasteiger partial charge in [-0.05, 0) is 57.1 Å². The van der Waals surface area contributed by atoms with E-state index in [4.69, 9.17) is 0 Å². The lowest BCUT2D eigenvalue weighted by Gasteiger charge is -2.28. The Bertz CT molecular complexity index is 472. The molecule has 1 aromatic rings. The summed E-state index contributed by atoms with van der Waals surface area (Å²) in [5, 5.41) is 12.8. The lowest BCUT2D eigenvalue weighted by Crippen LogP contribution is -2.30. The summed E-state index contributed by atoms with van der Waals surface area (Å²) < 4.78 is 0. The largest absolute Gasteiger partial charge is 0.478 e. The predicted molar refractivity (Wildman–Crippen MR) is 88.4 cm³/mol. The fourth-order valence-electron chi connectivity index (χ4n) is 2.36. The fourth-order valence-corrected chi connectivity index (χ4v) is 2.36. The molecule has 0 aliphatic rings. The fraction of sp³-hybridized carbons (Fsp3) is 0.588. The van der Waals surface area contributed by atoms with Crippen LogP contribution in [0, 0.1) is 0 Å². The van der Waals surface area contributed by atoms with Crippen molar-refractivity contribution in [2.75, 3.05) is 26.0 Å². The van der Waals surface area contributed by atoms with E-state index in [9.17, 15) is 9.90 Å². The molecule has 2 N–H and O–H groups in total. The molecule has 21 heavy (non-hydrogen) atoms. The third-order valence-electron chi connectivity index (χ3n) is 4.17. The Morgan fingerprint density at radius 3 is 2.52 bits per heavy atom. The number of carboxylic acids is 1. The number of carboxylic acid groups (broad SMARTS) is 1. The van der Waals surface area contributed by atoms with Gasteiger partial charge in [-0.3, -0.25) is 0 Å². The molecule has 0 saturated heterocycles. The summed E-state index contributed by atoms with van der Waals surface area (Å²) >= 11 is 0. The Morgan fingerprint density at radius 2 is 2.00 bits per heavy atom. The van der Waals surface area contributed by atoms with Crippen LogP contribution in [0.25, 0.3) is 0 Å². The molecule has 0 aliphatic carbocycles. The maximum absolute atomic E-state index is 11.5. The van der Waals surface area contributed by atoms with Gasteiger partial charge in [-0.2, -0.15) is 0 Å². The molecule has 0 aliphatic heterocycles. The molecule has 1 rings (SSSR count). The van der Waals surface area contributed by atoms with Crippen LogP contribution in [0.1, 0.15) is 55.5 Å². The van der Waals surface area contributed by atoms with Crippen molar-refractivity contribution < 1.29 is 9.90 Å². The summed E-state index contributed by atoms with van der Waals surface area (Å²) in [5.74, 6) is -0.707. The van der Waals surface area contributed by atoms with Crippen LogP contribution in [0.4, 0.5) is 5.69 Å². The van der Waals surface area contributed by atoms with Crippen molar-refractivity contribution in [3.8, 4) is 0 Å². The molecule has 0 saturated carbocycles. The Labute approximate surface area is 128 Å². The van der Waals surface area contributed by atoms with Gasteiger partial charge in [0.25, 0.3) is 0 Å². The average molecular weight is 292 g/mol. The van der Waals surface area contributed by atoms with Gasteiger partial charge >= 0.3 is 5.97 Å². The molecule has 2 atom stereocenters. The molecular formula is C17H28N2O2. The van der Waals surface area contributed by atoms with Crippen LogP contribution in [0.5, 0.6) is 0 Å². The molecule has 0 amide bonds. The van der Waals surface area contributed by atoms with Gasteiger partial charge in [-0.25, -0.2) is 4.79 Å². The summed E-state index contributed by atoms with van der Waals surface area (Å²) in [5.41, 5.74) is 2.30. The van der Waals surface area contributed by atoms with Gasteiger partial charge in [0.1, 0.15) is 0 Å². The van der Waals surface area contributed by atoms with Gasteiger partial charge in [-0.1, -0.05) is 20.3 Å². The smallest absolute Gasteiger partial charge is 0.335 e. The first-order valence-corrected chi connectivity index (χ1v) is 7.66. The highest BCUT2D eigenvalue weighted by Gasteiger charge is 2.22. The second kappa shape index (κ2) is 8.03. The SMILES string of the molecule is CCCCNc1ccc(C(=O)O)c(C(C)C(C)N(C)C)c1. The lowest BCUT2D eigenvalue weighted by molar-refractivity contribution is 0.0694. The minimum Gasteiger partial charge on any atom is -0.478 e. The number of unbranched alkanes of at least 4 members (excludes halogenated alkanes) is 1. The molecule has 0 radical (unpaired) electrons. The molecule has 4 heteroatoms. The molecule has 2 unspecified atom stereocenters. The van der Waals surface area contributed by atoms with Crippen LogP contribution < -0.4 is 5.32 Å². The molecule has 0 bridgehead atoms. The van der Waals surface area contributed by atoms with Crippen LogP contribution in [0.3, 0.4) is 0 Å². The van der Waals surface area contributed by atoms with E-state index >= 15 is 0 Å². The second-order valence-corrected chi connectivity index (χ2v) is 5.88. The Hall–Kier alpha value is -1.55. The van der Waals surface area contributed by atoms with Gasteiger partial charge in [0, 0.05) is 18.3 Å². The number of nitrogens with one attached hydrogen (secondary N) is 1. The summed E-state index contributed by atoms with van der Waals surface area (Å²) in [7, 11) is 4.04. The van der Waals surface area contributed by atoms with Gasteiger partial charge < -0.3 is 15.3 Å². The van der Waals surface area contributed by atoms with E-state index in [2.05, 4.69) is 31.0 Å². The number of hydrogen-bond acceptors (Lipinski definition) is 3. The van der Waals surface area contributed by atoms with Crippen molar-refractivity contribution in [3.63, 3.8) is 0 Å². The first kappa shape index (κ1) is 17.5. The Balaban J connectivity index is 3.06. The topological polar surface area (TPSA) is 52.6 Å². The first-order chi connectivity index (χ1) is 9.88. The normalized spacial score (nSPS) is 14.0. The number of benzene rings is 1. The van der Waals surface area contributed by atoms with E-state index in [0.29, 0.717) is 5.56 Å². The Morgan fingerprint density at radius 1 is 1.33 bits per heavy atom. The standard InChI is InChI=1S/C17H28N2O2/c1-6-7-10-18-14-8-9-15(17(20)21)16(11-14)12(2)13(3)19(4)5/h8-9,11-13,18H,6-7,10H2,1-5H3,(H,20,21). The number of hydrogen-bond donors (Lipinski definition) is 2. The van der Waals surface area contributed by atoms with Crippen molar-refractivity contribution in [2.45, 2.75) is 45.6 Å². The summed E-state index contributed by atoms with van der Waals surface area (Å²) in [6, 6.07) is 5.83. The molecule has 4 nitrogen and oxygen atoms in total. The van der Waals surface area contributed by atoms with Gasteiger partial charge in [0.05, 0.1) is 5.56 Å². The minimum atomic E-state index is -0.858. The third kappa shape index (κ3) is 4.74. The number of nitrogens with zero attached hydrogens (tertiary/aromatic N) is 1. The molecule has 118 valence electrons. The van der Waals surface area contributed by atoms with Crippen molar-refractivity contribution in [1.29, 1.82) is 0 Å². The predicted octanol–water partition coefficient (Wildman–Crippen LogP) is 3.65. The van der Waals surface area contributed by atoms with Gasteiger partial charge in [0.15, 0.2) is 0 Å². The molecular weight excluding hydrogens is 264 g/mol. The van der Waals surface area contributed by atoms with E-state index in [0.717, 1.165) is 30.6 Å². The van der Waals surface area contributed by atoms with Crippen molar-refractivity contribution in [2.24, 2.45) is 0 Å². The van der Waals surface area contributed by atoms with Crippen LogP contribution in [-0.2, 0) is 0 Å². The average Bonchev–Trinajstić information content (AvgIpc) is 2.45. The monoisotopic (exact) mass is 292 g/mol. The molecule has 1 aromatic carbocycles. The highest BCUT2D eigenvalue weighted by Crippen LogP contribution is 2.28. The van der Waals surface area contributed by atoms with Crippen LogP contribution in [-0.4, -0.2) is 42.7 Å². The summed E-state index contributed by atoms with van der Waals surface area (Å²) in [6.45, 7) is 7.27. The van der Waals surface area contributed by atoms with Gasteiger partial charge in [-0.15, -0.1) is 0 Å². The maximum Gasteiger partial charge on any atom is 0.335 e. The van der Waals surface area contributed by atoms with E-state index in [1.807, 2.05) is 26.2 Å². The number of anilines is 1. The summed E-state index contributed by atoms with van der Waals surface area (Å²) in [4.78, 5) is 13.6. The van der Waals surface area contributed by atoms with E-state index in [-0.39, 0.29) is 12.0 Å². The zero-order valence-corrected chi connectivity index (χ0v) is 13.8. The van der Waals surface area contributed by atoms with E-state index in [1.54, 1.807) is 6.07 Å². The van der Waals surface area contributed by atoms with E-state index in [1.165, 1.54) is 0 Å². The van der Waals surface area contributed by atoms with Crippen molar-refractivity contribution in [1.82, 2.24) is 4.90 Å². The number of rotatable bonds is 8. The molecule has 0 heterocycles. The minimum absolute atomic E-state index is 0.152. The van der Waals surface area contributed by atoms with Crippen LogP contribution >= 0.6 is 0 Å². The zero-order valence-electron chi connectivity index (χ0n) is 13.8. The van der Waals surface area contributed by atoms with E-state index < -0.39 is 5.97 Å². The number of carbonyl (C=O) groups is 1. The quantitative estimate of drug-likeness (QED) is 0.718. The van der Waals surface area contributed by atoms with Crippen LogP contribution in [0.15, 0.2) is 18.2 Å². The number of likely N-dealkylation sites (N-methyl/N-ethyl adjacent to an activating group) is 1. The first-order valence-electron chi connectivity index (χ1n) is 7.66.